The van der Waals surface area contributed by atoms with Crippen molar-refractivity contribution in [3.63, 3.8) is 0 Å². The molecule has 0 aromatic carbocycles. The maximum absolute atomic E-state index is 12.4. The van der Waals surface area contributed by atoms with Gasteiger partial charge in [-0.3, -0.25) is 4.79 Å². The van der Waals surface area contributed by atoms with Crippen LogP contribution in [0.2, 0.25) is 0 Å². The quantitative estimate of drug-likeness (QED) is 0.841. The molecule has 0 spiro atoms. The zero-order chi connectivity index (χ0) is 13.8. The summed E-state index contributed by atoms with van der Waals surface area (Å²) < 4.78 is 1.72. The highest BCUT2D eigenvalue weighted by molar-refractivity contribution is 5.38. The fourth-order valence-corrected chi connectivity index (χ4v) is 2.44. The third-order valence-corrected chi connectivity index (χ3v) is 3.59. The topological polar surface area (TPSA) is 58.4 Å². The van der Waals surface area contributed by atoms with Crippen LogP contribution in [0.5, 0.6) is 0 Å². The van der Waals surface area contributed by atoms with Crippen molar-refractivity contribution < 1.29 is 5.11 Å². The lowest BCUT2D eigenvalue weighted by Crippen LogP contribution is -2.45. The van der Waals surface area contributed by atoms with Gasteiger partial charge in [-0.2, -0.15) is 0 Å². The van der Waals surface area contributed by atoms with E-state index >= 15 is 0 Å². The van der Waals surface area contributed by atoms with Gasteiger partial charge in [-0.25, -0.2) is 4.98 Å². The Labute approximate surface area is 113 Å². The van der Waals surface area contributed by atoms with Crippen LogP contribution in [0.15, 0.2) is 17.2 Å². The number of hydrogen-bond acceptors (Lipinski definition) is 4. The predicted octanol–water partition coefficient (Wildman–Crippen LogP) is 1.25. The van der Waals surface area contributed by atoms with Gasteiger partial charge in [0.1, 0.15) is 0 Å². The lowest BCUT2D eigenvalue weighted by Gasteiger charge is -2.37. The van der Waals surface area contributed by atoms with Crippen molar-refractivity contribution in [2.24, 2.45) is 5.92 Å². The summed E-state index contributed by atoms with van der Waals surface area (Å²) in [6.45, 7) is 5.41. The molecule has 5 heteroatoms. The van der Waals surface area contributed by atoms with Crippen LogP contribution < -0.4 is 10.5 Å². The molecule has 0 unspecified atom stereocenters. The second kappa shape index (κ2) is 6.19. The number of aliphatic hydroxyl groups excluding tert-OH is 1. The summed E-state index contributed by atoms with van der Waals surface area (Å²) >= 11 is 0. The van der Waals surface area contributed by atoms with E-state index in [0.29, 0.717) is 30.9 Å². The van der Waals surface area contributed by atoms with Gasteiger partial charge in [-0.1, -0.05) is 13.8 Å². The van der Waals surface area contributed by atoms with E-state index in [4.69, 9.17) is 0 Å². The molecule has 0 aliphatic heterocycles. The Balaban J connectivity index is 2.28. The van der Waals surface area contributed by atoms with Crippen molar-refractivity contribution in [3.8, 4) is 0 Å². The van der Waals surface area contributed by atoms with Gasteiger partial charge in [-0.05, 0) is 25.2 Å². The van der Waals surface area contributed by atoms with Crippen LogP contribution >= 0.6 is 0 Å². The van der Waals surface area contributed by atoms with Gasteiger partial charge in [-0.15, -0.1) is 0 Å². The summed E-state index contributed by atoms with van der Waals surface area (Å²) in [7, 11) is 0. The zero-order valence-corrected chi connectivity index (χ0v) is 11.7. The van der Waals surface area contributed by atoms with Gasteiger partial charge in [0.25, 0.3) is 5.56 Å². The molecule has 0 atom stereocenters. The Morgan fingerprint density at radius 3 is 2.79 bits per heavy atom. The van der Waals surface area contributed by atoms with Crippen molar-refractivity contribution in [3.05, 3.63) is 22.7 Å². The average Bonchev–Trinajstić information content (AvgIpc) is 2.28. The van der Waals surface area contributed by atoms with Crippen LogP contribution in [0.25, 0.3) is 0 Å². The van der Waals surface area contributed by atoms with E-state index in [-0.39, 0.29) is 12.2 Å². The number of aliphatic hydroxyl groups is 1. The molecule has 1 aromatic rings. The van der Waals surface area contributed by atoms with Crippen LogP contribution in [-0.2, 0) is 6.54 Å². The Kier molecular flexibility index (Phi) is 4.58. The average molecular weight is 265 g/mol. The summed E-state index contributed by atoms with van der Waals surface area (Å²) in [5, 5.41) is 9.19. The molecular formula is C14H23N3O2. The number of nitrogens with zero attached hydrogens (tertiary/aromatic N) is 3. The Hall–Kier alpha value is -1.36. The maximum atomic E-state index is 12.4. The number of aromatic nitrogens is 2. The molecule has 1 aliphatic carbocycles. The molecule has 1 aromatic heterocycles. The maximum Gasteiger partial charge on any atom is 0.293 e. The van der Waals surface area contributed by atoms with E-state index in [0.717, 1.165) is 12.8 Å². The number of anilines is 1. The van der Waals surface area contributed by atoms with Crippen LogP contribution in [0, 0.1) is 5.92 Å². The minimum absolute atomic E-state index is 0.0449. The molecule has 1 fully saturated rings. The van der Waals surface area contributed by atoms with Crippen molar-refractivity contribution in [1.82, 2.24) is 9.55 Å². The molecule has 1 aliphatic rings. The van der Waals surface area contributed by atoms with Crippen LogP contribution in [0.4, 0.5) is 5.82 Å². The van der Waals surface area contributed by atoms with E-state index in [1.807, 2.05) is 4.90 Å². The van der Waals surface area contributed by atoms with Gasteiger partial charge < -0.3 is 14.6 Å². The van der Waals surface area contributed by atoms with Gasteiger partial charge in [0.2, 0.25) is 0 Å². The third kappa shape index (κ3) is 3.15. The summed E-state index contributed by atoms with van der Waals surface area (Å²) in [6.07, 6.45) is 6.78. The first-order valence-electron chi connectivity index (χ1n) is 7.06. The fourth-order valence-electron chi connectivity index (χ4n) is 2.44. The summed E-state index contributed by atoms with van der Waals surface area (Å²) in [6, 6.07) is 0.363. The summed E-state index contributed by atoms with van der Waals surface area (Å²) in [4.78, 5) is 18.7. The number of hydrogen-bond donors (Lipinski definition) is 1. The molecule has 0 bridgehead atoms. The molecule has 0 saturated heterocycles. The molecule has 106 valence electrons. The third-order valence-electron chi connectivity index (χ3n) is 3.59. The molecule has 2 rings (SSSR count). The highest BCUT2D eigenvalue weighted by atomic mass is 16.3. The normalized spacial score (nSPS) is 15.6. The lowest BCUT2D eigenvalue weighted by atomic mass is 9.91. The standard InChI is InChI=1S/C14H23N3O2/c1-11(2)10-16-7-6-15-13(14(16)19)17(8-9-18)12-4-3-5-12/h6-7,11-12,18H,3-5,8-10H2,1-2H3. The summed E-state index contributed by atoms with van der Waals surface area (Å²) in [5.41, 5.74) is -0.0449. The predicted molar refractivity (Wildman–Crippen MR) is 75.4 cm³/mol. The van der Waals surface area contributed by atoms with Crippen LogP contribution in [0.1, 0.15) is 33.1 Å². The van der Waals surface area contributed by atoms with E-state index in [1.165, 1.54) is 6.42 Å². The smallest absolute Gasteiger partial charge is 0.293 e. The lowest BCUT2D eigenvalue weighted by molar-refractivity contribution is 0.282. The minimum atomic E-state index is -0.0449. The molecule has 1 N–H and O–H groups in total. The summed E-state index contributed by atoms with van der Waals surface area (Å²) in [5.74, 6) is 0.907. The Bertz CT molecular complexity index is 466. The van der Waals surface area contributed by atoms with Crippen LogP contribution in [-0.4, -0.2) is 33.9 Å². The molecule has 0 amide bonds. The van der Waals surface area contributed by atoms with Crippen molar-refractivity contribution in [1.29, 1.82) is 0 Å². The van der Waals surface area contributed by atoms with E-state index in [2.05, 4.69) is 18.8 Å². The van der Waals surface area contributed by atoms with E-state index < -0.39 is 0 Å². The first kappa shape index (κ1) is 14.1. The molecule has 19 heavy (non-hydrogen) atoms. The highest BCUT2D eigenvalue weighted by Crippen LogP contribution is 2.26. The zero-order valence-electron chi connectivity index (χ0n) is 11.7. The molecule has 1 saturated carbocycles. The van der Waals surface area contributed by atoms with Crippen LogP contribution in [0.3, 0.4) is 0 Å². The van der Waals surface area contributed by atoms with E-state index in [9.17, 15) is 9.90 Å². The van der Waals surface area contributed by atoms with Crippen molar-refractivity contribution in [2.45, 2.75) is 45.7 Å². The van der Waals surface area contributed by atoms with E-state index in [1.54, 1.807) is 17.0 Å². The van der Waals surface area contributed by atoms with Gasteiger partial charge in [0.05, 0.1) is 6.61 Å². The SMILES string of the molecule is CC(C)Cn1ccnc(N(CCO)C2CCC2)c1=O. The van der Waals surface area contributed by atoms with Gasteiger partial charge in [0, 0.05) is 31.5 Å². The van der Waals surface area contributed by atoms with Gasteiger partial charge in [0.15, 0.2) is 5.82 Å². The second-order valence-electron chi connectivity index (χ2n) is 5.60. The minimum Gasteiger partial charge on any atom is -0.395 e. The first-order valence-corrected chi connectivity index (χ1v) is 7.06. The highest BCUT2D eigenvalue weighted by Gasteiger charge is 2.27. The molecular weight excluding hydrogens is 242 g/mol. The largest absolute Gasteiger partial charge is 0.395 e. The first-order chi connectivity index (χ1) is 9.13. The Morgan fingerprint density at radius 1 is 1.53 bits per heavy atom. The molecule has 5 nitrogen and oxygen atoms in total. The monoisotopic (exact) mass is 265 g/mol. The van der Waals surface area contributed by atoms with Gasteiger partial charge >= 0.3 is 0 Å². The van der Waals surface area contributed by atoms with Crippen molar-refractivity contribution in [2.75, 3.05) is 18.1 Å². The number of rotatable bonds is 6. The van der Waals surface area contributed by atoms with Crippen molar-refractivity contribution >= 4 is 5.82 Å². The Morgan fingerprint density at radius 2 is 2.26 bits per heavy atom. The molecule has 0 radical (unpaired) electrons. The fraction of sp³-hybridized carbons (Fsp3) is 0.714. The molecule has 1 heterocycles. The second-order valence-corrected chi connectivity index (χ2v) is 5.60.